The monoisotopic (exact) mass is 389 g/mol. The lowest BCUT2D eigenvalue weighted by Gasteiger charge is -2.12. The maximum Gasteiger partial charge on any atom is 0.416 e. The Hall–Kier alpha value is -3.06. The van der Waals surface area contributed by atoms with Gasteiger partial charge in [0.2, 0.25) is 5.91 Å². The van der Waals surface area contributed by atoms with Crippen molar-refractivity contribution in [3.63, 3.8) is 0 Å². The third-order valence-corrected chi connectivity index (χ3v) is 4.00. The molecule has 0 heterocycles. The van der Waals surface area contributed by atoms with E-state index in [-0.39, 0.29) is 18.2 Å². The largest absolute Gasteiger partial charge is 0.416 e. The predicted molar refractivity (Wildman–Crippen MR) is 105 cm³/mol. The number of hydrogen-bond acceptors (Lipinski definition) is 3. The molecule has 1 unspecified atom stereocenters. The third-order valence-electron chi connectivity index (χ3n) is 4.00. The fourth-order valence-electron chi connectivity index (χ4n) is 2.51. The predicted octanol–water partition coefficient (Wildman–Crippen LogP) is 3.33. The summed E-state index contributed by atoms with van der Waals surface area (Å²) in [6.45, 7) is 3.90. The van der Waals surface area contributed by atoms with E-state index in [1.807, 2.05) is 24.3 Å². The van der Waals surface area contributed by atoms with Crippen molar-refractivity contribution in [1.82, 2.24) is 5.32 Å². The van der Waals surface area contributed by atoms with Crippen molar-refractivity contribution in [2.75, 3.05) is 6.54 Å². The Morgan fingerprint density at radius 3 is 2.46 bits per heavy atom. The minimum atomic E-state index is -4.42. The van der Waals surface area contributed by atoms with Gasteiger partial charge in [-0.05, 0) is 41.3 Å². The molecule has 0 radical (unpaired) electrons. The molecule has 2 aromatic carbocycles. The first-order valence-electron chi connectivity index (χ1n) is 8.57. The van der Waals surface area contributed by atoms with Gasteiger partial charge in [-0.1, -0.05) is 43.0 Å². The van der Waals surface area contributed by atoms with Gasteiger partial charge >= 0.3 is 6.18 Å². The zero-order chi connectivity index (χ0) is 20.7. The number of halogens is 3. The van der Waals surface area contributed by atoms with Crippen LogP contribution in [0.2, 0.25) is 0 Å². The molecule has 0 spiro atoms. The lowest BCUT2D eigenvalue weighted by atomic mass is 10.0. The summed E-state index contributed by atoms with van der Waals surface area (Å²) in [6.07, 6.45) is -1.36. The molecule has 5 N–H and O–H groups in total. The molecule has 0 bridgehead atoms. The molecular weight excluding hydrogens is 367 g/mol. The summed E-state index contributed by atoms with van der Waals surface area (Å²) in [6, 6.07) is 11.9. The van der Waals surface area contributed by atoms with Gasteiger partial charge in [-0.15, -0.1) is 0 Å². The van der Waals surface area contributed by atoms with Crippen LogP contribution in [0.25, 0.3) is 11.8 Å². The van der Waals surface area contributed by atoms with Crippen molar-refractivity contribution in [1.29, 1.82) is 0 Å². The first kappa shape index (κ1) is 21.2. The van der Waals surface area contributed by atoms with Crippen LogP contribution in [0.3, 0.4) is 0 Å². The van der Waals surface area contributed by atoms with Gasteiger partial charge in [0, 0.05) is 24.4 Å². The molecule has 2 aromatic rings. The number of hydrogen-bond donors (Lipinski definition) is 3. The van der Waals surface area contributed by atoms with Crippen LogP contribution >= 0.6 is 0 Å². The zero-order valence-corrected chi connectivity index (χ0v) is 15.2. The van der Waals surface area contributed by atoms with Gasteiger partial charge in [-0.3, -0.25) is 4.79 Å². The second-order valence-corrected chi connectivity index (χ2v) is 6.39. The SMILES string of the molecule is C=C(N)c1ccc(CC(N)CNC(=O)/C=C/c2cccc(C(F)(F)F)c2)cc1. The number of benzene rings is 2. The van der Waals surface area contributed by atoms with Crippen molar-refractivity contribution < 1.29 is 18.0 Å². The van der Waals surface area contributed by atoms with E-state index in [1.165, 1.54) is 24.3 Å². The van der Waals surface area contributed by atoms with Crippen molar-refractivity contribution in [2.24, 2.45) is 11.5 Å². The quantitative estimate of drug-likeness (QED) is 0.636. The molecule has 0 saturated heterocycles. The molecule has 0 aromatic heterocycles. The Labute approximate surface area is 161 Å². The lowest BCUT2D eigenvalue weighted by molar-refractivity contribution is -0.137. The van der Waals surface area contributed by atoms with Crippen LogP contribution in [0, 0.1) is 0 Å². The summed E-state index contributed by atoms with van der Waals surface area (Å²) in [5.41, 5.74) is 13.5. The Morgan fingerprint density at radius 2 is 1.86 bits per heavy atom. The fraction of sp³-hybridized carbons (Fsp3) is 0.190. The highest BCUT2D eigenvalue weighted by atomic mass is 19.4. The topological polar surface area (TPSA) is 81.1 Å². The summed E-state index contributed by atoms with van der Waals surface area (Å²) < 4.78 is 38.1. The van der Waals surface area contributed by atoms with Gasteiger partial charge in [0.1, 0.15) is 0 Å². The van der Waals surface area contributed by atoms with Crippen LogP contribution in [0.5, 0.6) is 0 Å². The van der Waals surface area contributed by atoms with Crippen LogP contribution in [0.4, 0.5) is 13.2 Å². The number of alkyl halides is 3. The summed E-state index contributed by atoms with van der Waals surface area (Å²) >= 11 is 0. The number of nitrogens with one attached hydrogen (secondary N) is 1. The summed E-state index contributed by atoms with van der Waals surface area (Å²) in [7, 11) is 0. The second-order valence-electron chi connectivity index (χ2n) is 6.39. The average Bonchev–Trinajstić information content (AvgIpc) is 2.64. The molecule has 7 heteroatoms. The van der Waals surface area contributed by atoms with Crippen LogP contribution in [0.15, 0.2) is 61.2 Å². The van der Waals surface area contributed by atoms with E-state index < -0.39 is 17.6 Å². The normalized spacial score (nSPS) is 12.7. The maximum absolute atomic E-state index is 12.7. The Morgan fingerprint density at radius 1 is 1.18 bits per heavy atom. The van der Waals surface area contributed by atoms with Gasteiger partial charge in [0.25, 0.3) is 0 Å². The average molecular weight is 389 g/mol. The van der Waals surface area contributed by atoms with Gasteiger partial charge in [-0.2, -0.15) is 13.2 Å². The van der Waals surface area contributed by atoms with E-state index in [0.29, 0.717) is 12.1 Å². The summed E-state index contributed by atoms with van der Waals surface area (Å²) in [5.74, 6) is -0.428. The highest BCUT2D eigenvalue weighted by Crippen LogP contribution is 2.29. The number of amides is 1. The maximum atomic E-state index is 12.7. The Bertz CT molecular complexity index is 858. The standard InChI is InChI=1S/C21H22F3N3O/c1-14(25)17-8-5-16(6-9-17)12-19(26)13-27-20(28)10-7-15-3-2-4-18(11-15)21(22,23)24/h2-11,19H,1,12-13,25-26H2,(H,27,28)/b10-7+. The molecule has 0 saturated carbocycles. The van der Waals surface area contributed by atoms with Crippen LogP contribution < -0.4 is 16.8 Å². The lowest BCUT2D eigenvalue weighted by Crippen LogP contribution is -2.37. The minimum Gasteiger partial charge on any atom is -0.399 e. The van der Waals surface area contributed by atoms with Gasteiger partial charge in [-0.25, -0.2) is 0 Å². The molecule has 0 fully saturated rings. The van der Waals surface area contributed by atoms with E-state index in [1.54, 1.807) is 0 Å². The van der Waals surface area contributed by atoms with E-state index in [0.717, 1.165) is 23.3 Å². The third kappa shape index (κ3) is 6.59. The molecule has 2 rings (SSSR count). The van der Waals surface area contributed by atoms with Crippen LogP contribution in [-0.2, 0) is 17.4 Å². The van der Waals surface area contributed by atoms with Crippen molar-refractivity contribution in [3.8, 4) is 0 Å². The molecule has 1 amide bonds. The highest BCUT2D eigenvalue weighted by Gasteiger charge is 2.30. The van der Waals surface area contributed by atoms with Crippen molar-refractivity contribution in [3.05, 3.63) is 83.4 Å². The van der Waals surface area contributed by atoms with E-state index in [9.17, 15) is 18.0 Å². The molecule has 0 aliphatic heterocycles. The number of rotatable bonds is 7. The Kier molecular flexibility index (Phi) is 7.00. The van der Waals surface area contributed by atoms with Crippen molar-refractivity contribution >= 4 is 17.7 Å². The first-order valence-corrected chi connectivity index (χ1v) is 8.57. The van der Waals surface area contributed by atoms with Crippen LogP contribution in [0.1, 0.15) is 22.3 Å². The second kappa shape index (κ2) is 9.23. The number of carbonyl (C=O) groups excluding carboxylic acids is 1. The van der Waals surface area contributed by atoms with Gasteiger partial charge in [0.05, 0.1) is 5.56 Å². The zero-order valence-electron chi connectivity index (χ0n) is 15.2. The molecule has 28 heavy (non-hydrogen) atoms. The number of nitrogens with two attached hydrogens (primary N) is 2. The minimum absolute atomic E-state index is 0.233. The van der Waals surface area contributed by atoms with Gasteiger partial charge < -0.3 is 16.8 Å². The summed E-state index contributed by atoms with van der Waals surface area (Å²) in [5, 5.41) is 2.64. The molecule has 0 aliphatic rings. The molecule has 4 nitrogen and oxygen atoms in total. The smallest absolute Gasteiger partial charge is 0.399 e. The number of carbonyl (C=O) groups is 1. The molecule has 1 atom stereocenters. The van der Waals surface area contributed by atoms with Gasteiger partial charge in [0.15, 0.2) is 0 Å². The fourth-order valence-corrected chi connectivity index (χ4v) is 2.51. The molecule has 148 valence electrons. The van der Waals surface area contributed by atoms with Crippen LogP contribution in [-0.4, -0.2) is 18.5 Å². The summed E-state index contributed by atoms with van der Waals surface area (Å²) in [4.78, 5) is 11.9. The Balaban J connectivity index is 1.84. The highest BCUT2D eigenvalue weighted by molar-refractivity contribution is 5.91. The molecular formula is C21H22F3N3O. The van der Waals surface area contributed by atoms with E-state index in [4.69, 9.17) is 11.5 Å². The molecule has 0 aliphatic carbocycles. The first-order chi connectivity index (χ1) is 13.1. The van der Waals surface area contributed by atoms with Crippen molar-refractivity contribution in [2.45, 2.75) is 18.6 Å². The van der Waals surface area contributed by atoms with E-state index >= 15 is 0 Å². The van der Waals surface area contributed by atoms with E-state index in [2.05, 4.69) is 11.9 Å².